The number of pyridine rings is 1. The van der Waals surface area contributed by atoms with E-state index in [-0.39, 0.29) is 40.6 Å². The lowest BCUT2D eigenvalue weighted by atomic mass is 9.92. The minimum atomic E-state index is -4.59. The fourth-order valence-electron chi connectivity index (χ4n) is 5.69. The molecule has 0 aliphatic carbocycles. The van der Waals surface area contributed by atoms with Gasteiger partial charge < -0.3 is 16.0 Å². The molecule has 3 N–H and O–H groups in total. The number of nitrogens with two attached hydrogens (primary N) is 1. The molecule has 2 atom stereocenters. The molecule has 1 aromatic carbocycles. The topological polar surface area (TPSA) is 142 Å². The molecule has 5 heterocycles. The quantitative estimate of drug-likeness (QED) is 0.377. The van der Waals surface area contributed by atoms with E-state index in [1.807, 2.05) is 9.30 Å². The van der Waals surface area contributed by atoms with Crippen LogP contribution in [0.15, 0.2) is 48.9 Å². The number of nitrogens with zero attached hydrogens (tertiary/aromatic N) is 6. The molecule has 10 nitrogen and oxygen atoms in total. The number of imidazole rings is 1. The SMILES string of the molecule is N#Cc1cc(C(=O)Nc2cc(C(F)(F)F)ccn2)ccc1-c1nc(C2CCC3CCC(=O)N3C2)n2ccnc(N)c12. The molecular weight excluding hydrogens is 537 g/mol. The number of halogens is 3. The number of carbonyl (C=O) groups excluding carboxylic acids is 2. The molecule has 0 radical (unpaired) electrons. The maximum Gasteiger partial charge on any atom is 0.416 e. The van der Waals surface area contributed by atoms with E-state index in [0.29, 0.717) is 35.6 Å². The first-order valence-corrected chi connectivity index (χ1v) is 12.9. The zero-order chi connectivity index (χ0) is 28.9. The highest BCUT2D eigenvalue weighted by Crippen LogP contribution is 2.39. The molecular formula is C28H23F3N8O2. The Labute approximate surface area is 231 Å². The molecule has 4 aromatic rings. The number of nitriles is 1. The van der Waals surface area contributed by atoms with Crippen molar-refractivity contribution in [1.29, 1.82) is 5.26 Å². The smallest absolute Gasteiger partial charge is 0.382 e. The van der Waals surface area contributed by atoms with Gasteiger partial charge in [0, 0.05) is 54.6 Å². The van der Waals surface area contributed by atoms with Crippen molar-refractivity contribution in [2.75, 3.05) is 17.6 Å². The number of alkyl halides is 3. The van der Waals surface area contributed by atoms with Gasteiger partial charge in [-0.05, 0) is 43.5 Å². The monoisotopic (exact) mass is 560 g/mol. The Morgan fingerprint density at radius 3 is 2.73 bits per heavy atom. The maximum absolute atomic E-state index is 13.1. The van der Waals surface area contributed by atoms with Crippen molar-refractivity contribution >= 4 is 29.0 Å². The van der Waals surface area contributed by atoms with Crippen LogP contribution in [0, 0.1) is 11.3 Å². The molecule has 2 unspecified atom stereocenters. The van der Waals surface area contributed by atoms with Crippen molar-refractivity contribution in [3.63, 3.8) is 0 Å². The Kier molecular flexibility index (Phi) is 6.33. The first-order valence-electron chi connectivity index (χ1n) is 12.9. The van der Waals surface area contributed by atoms with E-state index in [1.54, 1.807) is 18.5 Å². The molecule has 13 heteroatoms. The van der Waals surface area contributed by atoms with Gasteiger partial charge in [-0.2, -0.15) is 18.4 Å². The predicted octanol–water partition coefficient (Wildman–Crippen LogP) is 4.38. The minimum Gasteiger partial charge on any atom is -0.382 e. The molecule has 2 amide bonds. The Bertz CT molecular complexity index is 1740. The molecule has 6 rings (SSSR count). The van der Waals surface area contributed by atoms with Crippen LogP contribution in [0.25, 0.3) is 16.8 Å². The van der Waals surface area contributed by atoms with Crippen molar-refractivity contribution in [1.82, 2.24) is 24.3 Å². The van der Waals surface area contributed by atoms with E-state index in [9.17, 15) is 28.0 Å². The number of nitrogen functional groups attached to an aromatic ring is 1. The number of anilines is 2. The van der Waals surface area contributed by atoms with Crippen LogP contribution in [0.2, 0.25) is 0 Å². The predicted molar refractivity (Wildman–Crippen MR) is 141 cm³/mol. The van der Waals surface area contributed by atoms with E-state index in [0.717, 1.165) is 37.6 Å². The fraction of sp³-hybridized carbons (Fsp3) is 0.286. The highest BCUT2D eigenvalue weighted by atomic mass is 19.4. The number of piperidine rings is 1. The first kappa shape index (κ1) is 26.2. The van der Waals surface area contributed by atoms with E-state index in [2.05, 4.69) is 21.4 Å². The van der Waals surface area contributed by atoms with Gasteiger partial charge in [-0.3, -0.25) is 14.0 Å². The number of benzene rings is 1. The lowest BCUT2D eigenvalue weighted by molar-refractivity contribution is -0.137. The summed E-state index contributed by atoms with van der Waals surface area (Å²) in [5, 5.41) is 12.3. The number of nitrogens with one attached hydrogen (secondary N) is 1. The third kappa shape index (κ3) is 4.71. The number of carbonyl (C=O) groups is 2. The minimum absolute atomic E-state index is 0.0465. The summed E-state index contributed by atoms with van der Waals surface area (Å²) in [6, 6.07) is 8.21. The van der Waals surface area contributed by atoms with Crippen LogP contribution in [0.1, 0.15) is 58.9 Å². The highest BCUT2D eigenvalue weighted by molar-refractivity contribution is 6.04. The molecule has 2 aliphatic rings. The van der Waals surface area contributed by atoms with Gasteiger partial charge in [-0.25, -0.2) is 15.0 Å². The molecule has 208 valence electrons. The van der Waals surface area contributed by atoms with Crippen molar-refractivity contribution in [3.8, 4) is 17.3 Å². The number of hydrogen-bond acceptors (Lipinski definition) is 7. The molecule has 0 spiro atoms. The van der Waals surface area contributed by atoms with Gasteiger partial charge in [0.05, 0.1) is 17.2 Å². The van der Waals surface area contributed by atoms with E-state index < -0.39 is 17.6 Å². The van der Waals surface area contributed by atoms with Crippen LogP contribution in [0.3, 0.4) is 0 Å². The Morgan fingerprint density at radius 1 is 1.12 bits per heavy atom. The van der Waals surface area contributed by atoms with Crippen LogP contribution in [0.4, 0.5) is 24.8 Å². The van der Waals surface area contributed by atoms with Gasteiger partial charge in [-0.15, -0.1) is 0 Å². The standard InChI is InChI=1S/C28H23F3N8O2/c29-28(30,31)18-7-8-34-21(12-18)36-27(41)15-2-5-20(17(11-15)13-32)23-24-25(33)35-9-10-38(24)26(37-23)16-1-3-19-4-6-22(40)39(19)14-16/h2,5,7-12,16,19H,1,3-4,6,14H2,(H2,33,35)(H,34,36,41). The highest BCUT2D eigenvalue weighted by Gasteiger charge is 2.38. The number of rotatable bonds is 4. The fourth-order valence-corrected chi connectivity index (χ4v) is 5.69. The van der Waals surface area contributed by atoms with E-state index in [4.69, 9.17) is 10.7 Å². The first-order chi connectivity index (χ1) is 19.6. The van der Waals surface area contributed by atoms with Gasteiger partial charge in [0.25, 0.3) is 5.91 Å². The van der Waals surface area contributed by atoms with Crippen molar-refractivity contribution in [2.45, 2.75) is 43.8 Å². The second-order valence-electron chi connectivity index (χ2n) is 10.1. The van der Waals surface area contributed by atoms with E-state index in [1.165, 1.54) is 12.1 Å². The summed E-state index contributed by atoms with van der Waals surface area (Å²) in [4.78, 5) is 40.1. The van der Waals surface area contributed by atoms with Gasteiger partial charge in [-0.1, -0.05) is 6.07 Å². The summed E-state index contributed by atoms with van der Waals surface area (Å²) in [5.41, 5.74) is 6.80. The largest absolute Gasteiger partial charge is 0.416 e. The van der Waals surface area contributed by atoms with Gasteiger partial charge in [0.15, 0.2) is 0 Å². The molecule has 2 fully saturated rings. The second-order valence-corrected chi connectivity index (χ2v) is 10.1. The molecule has 2 aliphatic heterocycles. The summed E-state index contributed by atoms with van der Waals surface area (Å²) >= 11 is 0. The molecule has 41 heavy (non-hydrogen) atoms. The molecule has 0 saturated carbocycles. The Hall–Kier alpha value is -4.99. The summed E-state index contributed by atoms with van der Waals surface area (Å²) in [5.74, 6) is -0.0161. The summed E-state index contributed by atoms with van der Waals surface area (Å²) < 4.78 is 41.0. The van der Waals surface area contributed by atoms with Crippen molar-refractivity contribution < 1.29 is 22.8 Å². The summed E-state index contributed by atoms with van der Waals surface area (Å²) in [6.07, 6.45) is 2.79. The average Bonchev–Trinajstić information content (AvgIpc) is 3.53. The molecule has 2 saturated heterocycles. The summed E-state index contributed by atoms with van der Waals surface area (Å²) in [6.45, 7) is 0.540. The Balaban J connectivity index is 1.35. The second kappa shape index (κ2) is 9.88. The zero-order valence-corrected chi connectivity index (χ0v) is 21.5. The summed E-state index contributed by atoms with van der Waals surface area (Å²) in [7, 11) is 0. The normalized spacial score (nSPS) is 18.8. The average molecular weight is 561 g/mol. The van der Waals surface area contributed by atoms with Gasteiger partial charge in [0.1, 0.15) is 28.7 Å². The molecule has 3 aromatic heterocycles. The third-order valence-electron chi connectivity index (χ3n) is 7.68. The van der Waals surface area contributed by atoms with Gasteiger partial charge >= 0.3 is 6.18 Å². The van der Waals surface area contributed by atoms with E-state index >= 15 is 0 Å². The zero-order valence-electron chi connectivity index (χ0n) is 21.5. The maximum atomic E-state index is 13.1. The number of hydrogen-bond donors (Lipinski definition) is 2. The van der Waals surface area contributed by atoms with Crippen LogP contribution >= 0.6 is 0 Å². The lowest BCUT2D eigenvalue weighted by Crippen LogP contribution is -2.41. The van der Waals surface area contributed by atoms with Crippen LogP contribution < -0.4 is 11.1 Å². The number of aromatic nitrogens is 4. The van der Waals surface area contributed by atoms with Crippen LogP contribution in [0.5, 0.6) is 0 Å². The van der Waals surface area contributed by atoms with Crippen molar-refractivity contribution in [2.24, 2.45) is 0 Å². The number of amides is 2. The lowest BCUT2D eigenvalue weighted by Gasteiger charge is -2.34. The van der Waals surface area contributed by atoms with Gasteiger partial charge in [0.2, 0.25) is 5.91 Å². The van der Waals surface area contributed by atoms with Crippen molar-refractivity contribution in [3.05, 3.63) is 71.4 Å². The van der Waals surface area contributed by atoms with Crippen LogP contribution in [-0.2, 0) is 11.0 Å². The number of fused-ring (bicyclic) bond motifs is 2. The van der Waals surface area contributed by atoms with Crippen LogP contribution in [-0.4, -0.2) is 48.7 Å². The molecule has 0 bridgehead atoms. The Morgan fingerprint density at radius 2 is 1.95 bits per heavy atom. The third-order valence-corrected chi connectivity index (χ3v) is 7.68.